The maximum Gasteiger partial charge on any atom is 0.129 e. The highest BCUT2D eigenvalue weighted by Crippen LogP contribution is 2.31. The van der Waals surface area contributed by atoms with E-state index in [-0.39, 0.29) is 0 Å². The smallest absolute Gasteiger partial charge is 0.129 e. The molecule has 0 amide bonds. The lowest BCUT2D eigenvalue weighted by Gasteiger charge is -2.10. The number of para-hydroxylation sites is 1. The lowest BCUT2D eigenvalue weighted by molar-refractivity contribution is 0.483. The van der Waals surface area contributed by atoms with Gasteiger partial charge in [0, 0.05) is 17.3 Å². The van der Waals surface area contributed by atoms with Gasteiger partial charge in [-0.25, -0.2) is 0 Å². The van der Waals surface area contributed by atoms with Crippen LogP contribution in [0.25, 0.3) is 11.1 Å². The minimum atomic E-state index is 0.713. The first-order valence-electron chi connectivity index (χ1n) is 6.51. The van der Waals surface area contributed by atoms with Gasteiger partial charge in [-0.2, -0.15) is 0 Å². The molecular weight excluding hydrogens is 246 g/mol. The SMILES string of the molecule is Nc1cc(Oc2ccccc2)ccc1-c1ccccc1. The quantitative estimate of drug-likeness (QED) is 0.692. The van der Waals surface area contributed by atoms with E-state index in [0.717, 1.165) is 22.6 Å². The fourth-order valence-electron chi connectivity index (χ4n) is 2.11. The predicted octanol–water partition coefficient (Wildman–Crippen LogP) is 4.73. The number of ether oxygens (including phenoxy) is 1. The van der Waals surface area contributed by atoms with Crippen LogP contribution in [0.15, 0.2) is 78.9 Å². The van der Waals surface area contributed by atoms with Crippen LogP contribution in [0.1, 0.15) is 0 Å². The number of benzene rings is 3. The molecule has 98 valence electrons. The number of hydrogen-bond donors (Lipinski definition) is 1. The van der Waals surface area contributed by atoms with Gasteiger partial charge < -0.3 is 10.5 Å². The molecule has 0 aromatic heterocycles. The summed E-state index contributed by atoms with van der Waals surface area (Å²) < 4.78 is 5.77. The Kier molecular flexibility index (Phi) is 3.38. The van der Waals surface area contributed by atoms with Gasteiger partial charge in [-0.3, -0.25) is 0 Å². The molecule has 3 aromatic carbocycles. The van der Waals surface area contributed by atoms with Crippen LogP contribution in [-0.4, -0.2) is 0 Å². The van der Waals surface area contributed by atoms with Crippen molar-refractivity contribution in [3.8, 4) is 22.6 Å². The summed E-state index contributed by atoms with van der Waals surface area (Å²) in [5, 5.41) is 0. The molecule has 0 fully saturated rings. The molecule has 20 heavy (non-hydrogen) atoms. The third-order valence-electron chi connectivity index (χ3n) is 3.09. The van der Waals surface area contributed by atoms with E-state index in [2.05, 4.69) is 0 Å². The lowest BCUT2D eigenvalue weighted by Crippen LogP contribution is -1.92. The summed E-state index contributed by atoms with van der Waals surface area (Å²) in [5.41, 5.74) is 8.97. The van der Waals surface area contributed by atoms with Crippen LogP contribution in [-0.2, 0) is 0 Å². The van der Waals surface area contributed by atoms with Gasteiger partial charge >= 0.3 is 0 Å². The average molecular weight is 261 g/mol. The molecule has 0 bridgehead atoms. The zero-order valence-electron chi connectivity index (χ0n) is 11.0. The standard InChI is InChI=1S/C18H15NO/c19-18-13-16(20-15-9-5-2-6-10-15)11-12-17(18)14-7-3-1-4-8-14/h1-13H,19H2. The Bertz CT molecular complexity index is 693. The van der Waals surface area contributed by atoms with E-state index in [1.165, 1.54) is 0 Å². The topological polar surface area (TPSA) is 35.2 Å². The molecule has 0 aliphatic carbocycles. The molecule has 0 radical (unpaired) electrons. The number of nitrogens with two attached hydrogens (primary N) is 1. The number of anilines is 1. The second-order valence-corrected chi connectivity index (χ2v) is 4.53. The van der Waals surface area contributed by atoms with E-state index in [0.29, 0.717) is 5.69 Å². The molecule has 2 heteroatoms. The van der Waals surface area contributed by atoms with Crippen molar-refractivity contribution in [2.24, 2.45) is 0 Å². The van der Waals surface area contributed by atoms with Crippen molar-refractivity contribution in [1.29, 1.82) is 0 Å². The Hall–Kier alpha value is -2.74. The van der Waals surface area contributed by atoms with E-state index in [9.17, 15) is 0 Å². The molecule has 2 N–H and O–H groups in total. The lowest BCUT2D eigenvalue weighted by atomic mass is 10.0. The highest BCUT2D eigenvalue weighted by Gasteiger charge is 2.04. The van der Waals surface area contributed by atoms with Crippen LogP contribution >= 0.6 is 0 Å². The third kappa shape index (κ3) is 2.64. The van der Waals surface area contributed by atoms with E-state index in [4.69, 9.17) is 10.5 Å². The maximum absolute atomic E-state index is 6.13. The number of hydrogen-bond acceptors (Lipinski definition) is 2. The first-order chi connectivity index (χ1) is 9.83. The summed E-state index contributed by atoms with van der Waals surface area (Å²) >= 11 is 0. The Morgan fingerprint density at radius 3 is 1.95 bits per heavy atom. The van der Waals surface area contributed by atoms with Gasteiger partial charge in [0.25, 0.3) is 0 Å². The molecule has 0 atom stereocenters. The Labute approximate surface area is 118 Å². The first kappa shape index (κ1) is 12.3. The highest BCUT2D eigenvalue weighted by molar-refractivity contribution is 5.77. The van der Waals surface area contributed by atoms with Gasteiger partial charge in [0.1, 0.15) is 11.5 Å². The van der Waals surface area contributed by atoms with Crippen LogP contribution in [0.5, 0.6) is 11.5 Å². The molecule has 3 rings (SSSR count). The summed E-state index contributed by atoms with van der Waals surface area (Å²) in [4.78, 5) is 0. The third-order valence-corrected chi connectivity index (χ3v) is 3.09. The van der Waals surface area contributed by atoms with Crippen LogP contribution < -0.4 is 10.5 Å². The highest BCUT2D eigenvalue weighted by atomic mass is 16.5. The summed E-state index contributed by atoms with van der Waals surface area (Å²) in [6.07, 6.45) is 0. The van der Waals surface area contributed by atoms with Crippen molar-refractivity contribution in [1.82, 2.24) is 0 Å². The van der Waals surface area contributed by atoms with Crippen LogP contribution in [0.2, 0.25) is 0 Å². The van der Waals surface area contributed by atoms with Gasteiger partial charge in [-0.1, -0.05) is 48.5 Å². The fourth-order valence-corrected chi connectivity index (χ4v) is 2.11. The molecule has 0 spiro atoms. The zero-order valence-corrected chi connectivity index (χ0v) is 11.0. The Balaban J connectivity index is 1.88. The molecule has 0 aliphatic rings. The monoisotopic (exact) mass is 261 g/mol. The minimum absolute atomic E-state index is 0.713. The summed E-state index contributed by atoms with van der Waals surface area (Å²) in [6, 6.07) is 25.5. The Morgan fingerprint density at radius 2 is 1.30 bits per heavy atom. The molecule has 0 heterocycles. The van der Waals surface area contributed by atoms with Crippen molar-refractivity contribution in [2.45, 2.75) is 0 Å². The van der Waals surface area contributed by atoms with Crippen LogP contribution in [0.3, 0.4) is 0 Å². The van der Waals surface area contributed by atoms with Gasteiger partial charge in [-0.15, -0.1) is 0 Å². The maximum atomic E-state index is 6.13. The van der Waals surface area contributed by atoms with Crippen LogP contribution in [0.4, 0.5) is 5.69 Å². The van der Waals surface area contributed by atoms with Gasteiger partial charge in [-0.05, 0) is 29.8 Å². The average Bonchev–Trinajstić information content (AvgIpc) is 2.49. The summed E-state index contributed by atoms with van der Waals surface area (Å²) in [6.45, 7) is 0. The van der Waals surface area contributed by atoms with Crippen molar-refractivity contribution in [3.63, 3.8) is 0 Å². The van der Waals surface area contributed by atoms with Crippen molar-refractivity contribution >= 4 is 5.69 Å². The van der Waals surface area contributed by atoms with Gasteiger partial charge in [0.2, 0.25) is 0 Å². The van der Waals surface area contributed by atoms with Crippen molar-refractivity contribution in [3.05, 3.63) is 78.9 Å². The molecular formula is C18H15NO. The molecule has 0 saturated carbocycles. The first-order valence-corrected chi connectivity index (χ1v) is 6.51. The van der Waals surface area contributed by atoms with E-state index >= 15 is 0 Å². The normalized spacial score (nSPS) is 10.2. The second kappa shape index (κ2) is 5.49. The number of nitrogen functional groups attached to an aromatic ring is 1. The Morgan fingerprint density at radius 1 is 0.650 bits per heavy atom. The minimum Gasteiger partial charge on any atom is -0.457 e. The molecule has 0 aliphatic heterocycles. The summed E-state index contributed by atoms with van der Waals surface area (Å²) in [5.74, 6) is 1.55. The molecule has 2 nitrogen and oxygen atoms in total. The van der Waals surface area contributed by atoms with E-state index < -0.39 is 0 Å². The molecule has 0 unspecified atom stereocenters. The van der Waals surface area contributed by atoms with Crippen molar-refractivity contribution in [2.75, 3.05) is 5.73 Å². The van der Waals surface area contributed by atoms with Gasteiger partial charge in [0.05, 0.1) is 0 Å². The van der Waals surface area contributed by atoms with E-state index in [1.54, 1.807) is 0 Å². The van der Waals surface area contributed by atoms with E-state index in [1.807, 2.05) is 78.9 Å². The molecule has 3 aromatic rings. The number of rotatable bonds is 3. The fraction of sp³-hybridized carbons (Fsp3) is 0. The second-order valence-electron chi connectivity index (χ2n) is 4.53. The predicted molar refractivity (Wildman–Crippen MR) is 82.8 cm³/mol. The molecule has 0 saturated heterocycles. The zero-order chi connectivity index (χ0) is 13.8. The summed E-state index contributed by atoms with van der Waals surface area (Å²) in [7, 11) is 0. The van der Waals surface area contributed by atoms with Crippen molar-refractivity contribution < 1.29 is 4.74 Å². The van der Waals surface area contributed by atoms with Gasteiger partial charge in [0.15, 0.2) is 0 Å². The largest absolute Gasteiger partial charge is 0.457 e. The van der Waals surface area contributed by atoms with Crippen LogP contribution in [0, 0.1) is 0 Å².